The lowest BCUT2D eigenvalue weighted by Crippen LogP contribution is -2.19. The van der Waals surface area contributed by atoms with Crippen LogP contribution in [-0.4, -0.2) is 17.9 Å². The van der Waals surface area contributed by atoms with E-state index in [-0.39, 0.29) is 11.5 Å². The van der Waals surface area contributed by atoms with Gasteiger partial charge in [-0.15, -0.1) is 0 Å². The maximum absolute atomic E-state index is 14.1. The number of halogens is 2. The van der Waals surface area contributed by atoms with Gasteiger partial charge in [0.15, 0.2) is 5.82 Å². The van der Waals surface area contributed by atoms with Gasteiger partial charge in [-0.25, -0.2) is 8.78 Å². The highest BCUT2D eigenvalue weighted by molar-refractivity contribution is 5.99. The molecule has 21 heavy (non-hydrogen) atoms. The molecule has 3 aromatic rings. The molecule has 5 heteroatoms. The number of aromatic nitrogens is 1. The molecule has 0 radical (unpaired) electrons. The molecular formula is C16H12F2N2O. The summed E-state index contributed by atoms with van der Waals surface area (Å²) in [5, 5.41) is 2.73. The van der Waals surface area contributed by atoms with Crippen molar-refractivity contribution in [2.45, 2.75) is 0 Å². The number of aromatic amines is 1. The molecule has 0 saturated carbocycles. The van der Waals surface area contributed by atoms with Crippen molar-refractivity contribution >= 4 is 16.8 Å². The molecule has 1 aromatic heterocycles. The molecule has 0 unspecified atom stereocenters. The van der Waals surface area contributed by atoms with Gasteiger partial charge in [-0.05, 0) is 35.4 Å². The minimum Gasteiger partial charge on any atom is -0.354 e. The van der Waals surface area contributed by atoms with Gasteiger partial charge < -0.3 is 10.3 Å². The van der Waals surface area contributed by atoms with E-state index in [1.807, 2.05) is 0 Å². The average molecular weight is 286 g/mol. The Hall–Kier alpha value is -2.69. The van der Waals surface area contributed by atoms with Crippen LogP contribution in [0.3, 0.4) is 0 Å². The zero-order valence-corrected chi connectivity index (χ0v) is 11.2. The molecule has 0 bridgehead atoms. The fourth-order valence-corrected chi connectivity index (χ4v) is 2.27. The monoisotopic (exact) mass is 286 g/mol. The van der Waals surface area contributed by atoms with E-state index in [4.69, 9.17) is 0 Å². The number of carbonyl (C=O) groups is 1. The minimum atomic E-state index is -0.574. The summed E-state index contributed by atoms with van der Waals surface area (Å²) in [5.41, 5.74) is 2.05. The van der Waals surface area contributed by atoms with Crippen molar-refractivity contribution in [3.63, 3.8) is 0 Å². The van der Waals surface area contributed by atoms with Crippen molar-refractivity contribution in [3.8, 4) is 11.1 Å². The highest BCUT2D eigenvalue weighted by Gasteiger charge is 2.17. The Morgan fingerprint density at radius 3 is 2.38 bits per heavy atom. The number of nitrogens with one attached hydrogen (secondary N) is 2. The molecule has 0 saturated heterocycles. The Kier molecular flexibility index (Phi) is 3.17. The number of hydrogen-bond acceptors (Lipinski definition) is 1. The predicted molar refractivity (Wildman–Crippen MR) is 77.0 cm³/mol. The molecule has 1 amide bonds. The summed E-state index contributed by atoms with van der Waals surface area (Å²) in [6, 6.07) is 11.1. The zero-order valence-electron chi connectivity index (χ0n) is 11.2. The second-order valence-electron chi connectivity index (χ2n) is 4.66. The number of fused-ring (bicyclic) bond motifs is 1. The van der Waals surface area contributed by atoms with Gasteiger partial charge in [0, 0.05) is 18.0 Å². The van der Waals surface area contributed by atoms with Crippen molar-refractivity contribution < 1.29 is 13.6 Å². The van der Waals surface area contributed by atoms with Crippen LogP contribution in [0.4, 0.5) is 8.78 Å². The Morgan fingerprint density at radius 1 is 1.05 bits per heavy atom. The first-order valence-electron chi connectivity index (χ1n) is 6.39. The summed E-state index contributed by atoms with van der Waals surface area (Å²) >= 11 is 0. The van der Waals surface area contributed by atoms with Gasteiger partial charge in [0.2, 0.25) is 0 Å². The lowest BCUT2D eigenvalue weighted by atomic mass is 10.0. The van der Waals surface area contributed by atoms with Crippen LogP contribution >= 0.6 is 0 Å². The van der Waals surface area contributed by atoms with Gasteiger partial charge in [0.05, 0.1) is 0 Å². The Bertz CT molecular complexity index is 822. The molecular weight excluding hydrogens is 274 g/mol. The quantitative estimate of drug-likeness (QED) is 0.744. The molecule has 0 aliphatic heterocycles. The summed E-state index contributed by atoms with van der Waals surface area (Å²) in [4.78, 5) is 14.3. The number of H-pyrrole nitrogens is 1. The molecule has 1 heterocycles. The van der Waals surface area contributed by atoms with Crippen LogP contribution in [0.5, 0.6) is 0 Å². The highest BCUT2D eigenvalue weighted by atomic mass is 19.1. The summed E-state index contributed by atoms with van der Waals surface area (Å²) in [6.45, 7) is 0. The van der Waals surface area contributed by atoms with E-state index in [2.05, 4.69) is 10.3 Å². The number of rotatable bonds is 2. The first kappa shape index (κ1) is 13.3. The van der Waals surface area contributed by atoms with Gasteiger partial charge in [-0.2, -0.15) is 0 Å². The minimum absolute atomic E-state index is 0.0937. The molecule has 106 valence electrons. The third kappa shape index (κ3) is 2.27. The maximum Gasteiger partial charge on any atom is 0.270 e. The van der Waals surface area contributed by atoms with E-state index in [1.54, 1.807) is 30.3 Å². The van der Waals surface area contributed by atoms with Crippen LogP contribution in [0.1, 0.15) is 10.5 Å². The Balaban J connectivity index is 2.12. The molecule has 3 nitrogen and oxygen atoms in total. The lowest BCUT2D eigenvalue weighted by molar-refractivity contribution is 0.0955. The topological polar surface area (TPSA) is 44.9 Å². The Morgan fingerprint density at radius 2 is 1.71 bits per heavy atom. The molecule has 0 spiro atoms. The Labute approximate surface area is 119 Å². The van der Waals surface area contributed by atoms with Crippen molar-refractivity contribution in [1.29, 1.82) is 0 Å². The summed E-state index contributed by atoms with van der Waals surface area (Å²) in [7, 11) is 1.44. The van der Waals surface area contributed by atoms with E-state index < -0.39 is 11.7 Å². The SMILES string of the molecule is CNC(=O)c1[nH]c2cc(-c3ccc(F)cc3)ccc2c1F. The van der Waals surface area contributed by atoms with Gasteiger partial charge in [-0.3, -0.25) is 4.79 Å². The van der Waals surface area contributed by atoms with Crippen LogP contribution in [0, 0.1) is 11.6 Å². The third-order valence-corrected chi connectivity index (χ3v) is 3.37. The lowest BCUT2D eigenvalue weighted by Gasteiger charge is -2.01. The standard InChI is InChI=1S/C16H12F2N2O/c1-19-16(21)15-14(18)12-7-4-10(8-13(12)20-15)9-2-5-11(17)6-3-9/h2-8,20H,1H3,(H,19,21). The second-order valence-corrected chi connectivity index (χ2v) is 4.66. The first-order chi connectivity index (χ1) is 10.1. The van der Waals surface area contributed by atoms with E-state index >= 15 is 0 Å². The summed E-state index contributed by atoms with van der Waals surface area (Å²) in [5.74, 6) is -1.39. The van der Waals surface area contributed by atoms with Crippen molar-refractivity contribution in [3.05, 3.63) is 59.8 Å². The maximum atomic E-state index is 14.1. The van der Waals surface area contributed by atoms with Gasteiger partial charge in [0.1, 0.15) is 11.5 Å². The van der Waals surface area contributed by atoms with Gasteiger partial charge in [-0.1, -0.05) is 18.2 Å². The molecule has 0 aliphatic rings. The average Bonchev–Trinajstić information content (AvgIpc) is 2.84. The van der Waals surface area contributed by atoms with Crippen molar-refractivity contribution in [2.24, 2.45) is 0 Å². The molecule has 0 aliphatic carbocycles. The largest absolute Gasteiger partial charge is 0.354 e. The van der Waals surface area contributed by atoms with Crippen molar-refractivity contribution in [2.75, 3.05) is 7.05 Å². The number of benzene rings is 2. The summed E-state index contributed by atoms with van der Waals surface area (Å²) < 4.78 is 27.1. The van der Waals surface area contributed by atoms with E-state index in [1.165, 1.54) is 19.2 Å². The third-order valence-electron chi connectivity index (χ3n) is 3.37. The molecule has 2 N–H and O–H groups in total. The van der Waals surface area contributed by atoms with E-state index in [0.29, 0.717) is 10.9 Å². The normalized spacial score (nSPS) is 10.8. The second kappa shape index (κ2) is 5.01. The van der Waals surface area contributed by atoms with Crippen molar-refractivity contribution in [1.82, 2.24) is 10.3 Å². The molecule has 0 fully saturated rings. The van der Waals surface area contributed by atoms with E-state index in [9.17, 15) is 13.6 Å². The number of amides is 1. The first-order valence-corrected chi connectivity index (χ1v) is 6.39. The van der Waals surface area contributed by atoms with Gasteiger partial charge >= 0.3 is 0 Å². The van der Waals surface area contributed by atoms with Crippen LogP contribution < -0.4 is 5.32 Å². The highest BCUT2D eigenvalue weighted by Crippen LogP contribution is 2.27. The van der Waals surface area contributed by atoms with Gasteiger partial charge in [0.25, 0.3) is 5.91 Å². The van der Waals surface area contributed by atoms with Crippen LogP contribution in [0.2, 0.25) is 0 Å². The zero-order chi connectivity index (χ0) is 15.0. The number of hydrogen-bond donors (Lipinski definition) is 2. The molecule has 0 atom stereocenters. The van der Waals surface area contributed by atoms with Crippen LogP contribution in [-0.2, 0) is 0 Å². The molecule has 2 aromatic carbocycles. The van der Waals surface area contributed by atoms with Crippen LogP contribution in [0.25, 0.3) is 22.0 Å². The fourth-order valence-electron chi connectivity index (χ4n) is 2.27. The predicted octanol–water partition coefficient (Wildman–Crippen LogP) is 3.47. The van der Waals surface area contributed by atoms with E-state index in [0.717, 1.165) is 11.1 Å². The smallest absolute Gasteiger partial charge is 0.270 e. The molecule has 3 rings (SSSR count). The fraction of sp³-hybridized carbons (Fsp3) is 0.0625. The summed E-state index contributed by atoms with van der Waals surface area (Å²) in [6.07, 6.45) is 0. The number of carbonyl (C=O) groups excluding carboxylic acids is 1. The van der Waals surface area contributed by atoms with Crippen LogP contribution in [0.15, 0.2) is 42.5 Å².